The summed E-state index contributed by atoms with van der Waals surface area (Å²) in [7, 11) is -10.5. The first-order valence-electron chi connectivity index (χ1n) is 17.2. The summed E-state index contributed by atoms with van der Waals surface area (Å²) in [5.41, 5.74) is -6.86. The monoisotopic (exact) mass is 1050 g/mol. The largest absolute Gasteiger partial charge is 3.00 e. The number of nitrogens with zero attached hydrogens (tertiary/aromatic N) is 9. The van der Waals surface area contributed by atoms with Crippen LogP contribution in [0.15, 0.2) is 108 Å². The fourth-order valence-electron chi connectivity index (χ4n) is 5.67. The van der Waals surface area contributed by atoms with Gasteiger partial charge in [0.15, 0.2) is 11.4 Å². The van der Waals surface area contributed by atoms with Crippen LogP contribution in [0.5, 0.6) is 23.0 Å². The number of rotatable bonds is 13. The average molecular weight is 1050 g/mol. The third-order valence-corrected chi connectivity index (χ3v) is 10.3. The zero-order chi connectivity index (χ0) is 48.3. The van der Waals surface area contributed by atoms with Crippen LogP contribution in [0.25, 0.3) is 21.5 Å². The van der Waals surface area contributed by atoms with Gasteiger partial charge in [-0.05, 0) is 95.2 Å². The van der Waals surface area contributed by atoms with E-state index >= 15 is 0 Å². The zero-order valence-electron chi connectivity index (χ0n) is 35.4. The van der Waals surface area contributed by atoms with Crippen LogP contribution in [0.4, 0.5) is 56.9 Å². The molecule has 0 aliphatic rings. The summed E-state index contributed by atoms with van der Waals surface area (Å²) in [4.78, 5) is 41.3. The number of azo groups is 2. The third kappa shape index (κ3) is 14.1. The van der Waals surface area contributed by atoms with Crippen molar-refractivity contribution in [1.29, 1.82) is 0 Å². The van der Waals surface area contributed by atoms with Crippen molar-refractivity contribution in [2.75, 3.05) is 11.9 Å². The Kier molecular flexibility index (Phi) is 22.3. The molecule has 0 aliphatic carbocycles. The van der Waals surface area contributed by atoms with Gasteiger partial charge in [0.1, 0.15) is 20.2 Å². The molecule has 28 nitrogen and oxygen atoms in total. The molecule has 0 fully saturated rings. The number of fused-ring (bicyclic) bond motifs is 2. The fourth-order valence-corrected chi connectivity index (χ4v) is 6.95. The quantitative estimate of drug-likeness (QED) is 0.0288. The van der Waals surface area contributed by atoms with Crippen LogP contribution >= 0.6 is 0 Å². The Hall–Kier alpha value is -5.34. The number of hydrogen-bond donors (Lipinski definition) is 1. The Bertz CT molecular complexity index is 3350. The molecule has 0 heterocycles. The van der Waals surface area contributed by atoms with E-state index in [1.807, 2.05) is 0 Å². The second-order valence-electron chi connectivity index (χ2n) is 12.6. The van der Waals surface area contributed by atoms with Crippen molar-refractivity contribution >= 4 is 105 Å². The molecule has 0 atom stereocenters. The van der Waals surface area contributed by atoms with Crippen molar-refractivity contribution in [3.63, 3.8) is 0 Å². The Morgan fingerprint density at radius 3 is 1.28 bits per heavy atom. The standard InChI is InChI=1S/C18H15N5O9S.C17H11N5O9S.Cr.3Na/c1-2-19-10-4-3-9-5-16(33(30,31)32)17(18(25)11(9)6-10)21-20-12-7-15(24)14(23(28)29)8-13(12)22(26)27;1-18-9-3-2-8-4-15(32(29,30)31)16(17(24)10(8)5-9)20-19-11-6-14(23)13(22(27)28)7-12(11)21(25)26;;;;/h3-8,19,24-25H,2H2,1H3,(H,30,31,32);2-7,23-24H,1H2,(H,29,30,31);;;;/q;;+3;3*+1/p-6. The van der Waals surface area contributed by atoms with E-state index in [0.717, 1.165) is 12.1 Å². The molecule has 69 heavy (non-hydrogen) atoms. The van der Waals surface area contributed by atoms with Crippen LogP contribution in [-0.4, -0.2) is 58.9 Å². The molecule has 0 saturated carbocycles. The number of nitrogens with one attached hydrogen (secondary N) is 1. The van der Waals surface area contributed by atoms with Gasteiger partial charge in [0.25, 0.3) is 11.4 Å². The smallest absolute Gasteiger partial charge is 0.871 e. The van der Waals surface area contributed by atoms with Gasteiger partial charge in [0, 0.05) is 12.2 Å². The number of nitro benzene ring substituents is 4. The van der Waals surface area contributed by atoms with Gasteiger partial charge in [-0.3, -0.25) is 45.4 Å². The van der Waals surface area contributed by atoms with Crippen LogP contribution in [0, 0.1) is 40.5 Å². The molecular formula is C35H20CrN10Na3O18S2. The number of anilines is 1. The molecular weight excluding hydrogens is 1030 g/mol. The number of hydrogen-bond acceptors (Lipinski definition) is 24. The molecule has 34 heteroatoms. The van der Waals surface area contributed by atoms with Gasteiger partial charge in [0.2, 0.25) is 0 Å². The Labute approximate surface area is 463 Å². The van der Waals surface area contributed by atoms with Crippen molar-refractivity contribution in [2.45, 2.75) is 16.7 Å². The van der Waals surface area contributed by atoms with Crippen molar-refractivity contribution in [1.82, 2.24) is 0 Å². The molecule has 0 aliphatic heterocycles. The fraction of sp³-hybridized carbons (Fsp3) is 0.0571. The minimum Gasteiger partial charge on any atom is -0.871 e. The molecule has 339 valence electrons. The first kappa shape index (κ1) is 61.7. The van der Waals surface area contributed by atoms with Crippen LogP contribution in [0.2, 0.25) is 0 Å². The molecule has 1 N–H and O–H groups in total. The predicted molar refractivity (Wildman–Crippen MR) is 213 cm³/mol. The summed E-state index contributed by atoms with van der Waals surface area (Å²) < 4.78 is 70.2. The zero-order valence-corrected chi connectivity index (χ0v) is 44.3. The summed E-state index contributed by atoms with van der Waals surface area (Å²) in [6.07, 6.45) is 0. The maximum atomic E-state index is 12.9. The normalized spacial score (nSPS) is 11.0. The van der Waals surface area contributed by atoms with Gasteiger partial charge in [-0.15, -0.1) is 20.5 Å². The second-order valence-corrected chi connectivity index (χ2v) is 15.3. The van der Waals surface area contributed by atoms with E-state index < -0.39 is 118 Å². The Morgan fingerprint density at radius 2 is 0.928 bits per heavy atom. The van der Waals surface area contributed by atoms with Crippen molar-refractivity contribution in [2.24, 2.45) is 25.4 Å². The van der Waals surface area contributed by atoms with E-state index in [4.69, 9.17) is 0 Å². The van der Waals surface area contributed by atoms with E-state index in [9.17, 15) is 86.8 Å². The van der Waals surface area contributed by atoms with E-state index in [-0.39, 0.29) is 133 Å². The first-order chi connectivity index (χ1) is 30.4. The van der Waals surface area contributed by atoms with Gasteiger partial charge in [-0.25, -0.2) is 16.8 Å². The Morgan fingerprint density at radius 1 is 0.551 bits per heavy atom. The predicted octanol–water partition coefficient (Wildman–Crippen LogP) is -3.98. The maximum Gasteiger partial charge on any atom is 3.00 e. The van der Waals surface area contributed by atoms with Crippen LogP contribution in [-0.2, 0) is 37.6 Å². The average Bonchev–Trinajstić information content (AvgIpc) is 3.22. The van der Waals surface area contributed by atoms with E-state index in [2.05, 4.69) is 37.5 Å². The van der Waals surface area contributed by atoms with Gasteiger partial charge in [0.05, 0.1) is 58.7 Å². The summed E-state index contributed by atoms with van der Waals surface area (Å²) in [5, 5.41) is 110. The molecule has 0 bridgehead atoms. The van der Waals surface area contributed by atoms with Crippen LogP contribution < -0.4 is 114 Å². The van der Waals surface area contributed by atoms with Gasteiger partial charge in [-0.2, -0.15) is 0 Å². The van der Waals surface area contributed by atoms with Gasteiger partial charge >= 0.3 is 117 Å². The molecule has 1 radical (unpaired) electrons. The first-order valence-corrected chi connectivity index (χ1v) is 20.0. The molecule has 0 aromatic heterocycles. The molecule has 6 rings (SSSR count). The maximum absolute atomic E-state index is 12.9. The van der Waals surface area contributed by atoms with E-state index in [0.29, 0.717) is 36.5 Å². The van der Waals surface area contributed by atoms with E-state index in [1.54, 1.807) is 13.0 Å². The van der Waals surface area contributed by atoms with Gasteiger partial charge in [-0.1, -0.05) is 23.6 Å². The molecule has 0 amide bonds. The van der Waals surface area contributed by atoms with Crippen LogP contribution in [0.1, 0.15) is 6.92 Å². The van der Waals surface area contributed by atoms with Crippen molar-refractivity contribution in [3.8, 4) is 23.0 Å². The minimum absolute atomic E-state index is 0. The molecule has 0 unspecified atom stereocenters. The van der Waals surface area contributed by atoms with Crippen molar-refractivity contribution < 1.29 is 172 Å². The number of nitro groups is 4. The molecule has 6 aromatic rings. The van der Waals surface area contributed by atoms with Gasteiger partial charge < -0.3 is 34.8 Å². The summed E-state index contributed by atoms with van der Waals surface area (Å²) in [6, 6.07) is 11.7. The molecule has 0 saturated heterocycles. The second kappa shape index (κ2) is 25.0. The summed E-state index contributed by atoms with van der Waals surface area (Å²) in [5.74, 6) is -4.53. The van der Waals surface area contributed by atoms with E-state index in [1.165, 1.54) is 30.3 Å². The molecule has 6 aromatic carbocycles. The summed E-state index contributed by atoms with van der Waals surface area (Å²) >= 11 is 0. The number of aliphatic imine (C=N–C) groups is 1. The Balaban J connectivity index is 0.000000652. The number of benzene rings is 6. The third-order valence-electron chi connectivity index (χ3n) is 8.57. The molecule has 0 spiro atoms. The summed E-state index contributed by atoms with van der Waals surface area (Å²) in [6.45, 7) is 5.61. The van der Waals surface area contributed by atoms with Crippen molar-refractivity contribution in [3.05, 3.63) is 113 Å². The topological polar surface area (TPSA) is 453 Å². The SMILES string of the molecule is C=Nc1ccc2cc(S(=O)(=O)[O-])c(N=Nc3cc([O-])c([N+](=O)[O-])cc3[N+](=O)[O-])c([O-])c2c1.CCNc1ccc2cc(S(=O)(=O)[O-])c(N=Nc3cc([O-])c([N+](=O)[O-])cc3[N+](=O)[O-])c([O-])c2c1.[Cr+3].[Na+].[Na+].[Na+]. The van der Waals surface area contributed by atoms with Crippen LogP contribution in [0.3, 0.4) is 0 Å². The minimum atomic E-state index is -5.24.